The van der Waals surface area contributed by atoms with Crippen molar-refractivity contribution < 1.29 is 9.59 Å². The van der Waals surface area contributed by atoms with Crippen LogP contribution in [0.4, 0.5) is 11.5 Å². The topological polar surface area (TPSA) is 68.8 Å². The highest BCUT2D eigenvalue weighted by Gasteiger charge is 2.23. The van der Waals surface area contributed by atoms with Crippen molar-refractivity contribution in [2.45, 2.75) is 26.3 Å². The Labute approximate surface area is 177 Å². The quantitative estimate of drug-likeness (QED) is 0.840. The van der Waals surface area contributed by atoms with Crippen molar-refractivity contribution in [1.82, 2.24) is 15.2 Å². The molecule has 0 saturated carbocycles. The van der Waals surface area contributed by atoms with E-state index in [1.807, 2.05) is 30.5 Å². The Morgan fingerprint density at radius 1 is 1.07 bits per heavy atom. The standard InChI is InChI=1S/C23H29N5O2/c1-17(29)28-11-8-19-14-20(5-6-21(19)28)23(30)25-16-18-4-7-22(24-15-18)27-10-3-9-26(2)12-13-27/h4-7,14-15H,3,8-13,16H2,1-2H3,(H,25,30). The van der Waals surface area contributed by atoms with Crippen molar-refractivity contribution in [2.75, 3.05) is 49.6 Å². The fourth-order valence-electron chi connectivity index (χ4n) is 4.14. The molecule has 1 aromatic heterocycles. The second-order valence-corrected chi connectivity index (χ2v) is 8.12. The van der Waals surface area contributed by atoms with Crippen molar-refractivity contribution in [3.8, 4) is 0 Å². The van der Waals surface area contributed by atoms with E-state index < -0.39 is 0 Å². The summed E-state index contributed by atoms with van der Waals surface area (Å²) in [5.41, 5.74) is 3.56. The first-order valence-corrected chi connectivity index (χ1v) is 10.6. The molecule has 0 unspecified atom stereocenters. The highest BCUT2D eigenvalue weighted by atomic mass is 16.2. The van der Waals surface area contributed by atoms with Crippen LogP contribution in [0.15, 0.2) is 36.5 Å². The van der Waals surface area contributed by atoms with Crippen LogP contribution in [0, 0.1) is 0 Å². The van der Waals surface area contributed by atoms with Gasteiger partial charge >= 0.3 is 0 Å². The second kappa shape index (κ2) is 8.83. The smallest absolute Gasteiger partial charge is 0.251 e. The Balaban J connectivity index is 1.35. The summed E-state index contributed by atoms with van der Waals surface area (Å²) < 4.78 is 0. The predicted molar refractivity (Wildman–Crippen MR) is 118 cm³/mol. The van der Waals surface area contributed by atoms with Crippen molar-refractivity contribution in [2.24, 2.45) is 0 Å². The lowest BCUT2D eigenvalue weighted by Gasteiger charge is -2.21. The van der Waals surface area contributed by atoms with Crippen LogP contribution in [0.1, 0.15) is 34.8 Å². The number of aromatic nitrogens is 1. The third-order valence-corrected chi connectivity index (χ3v) is 5.92. The number of nitrogens with one attached hydrogen (secondary N) is 1. The number of nitrogens with zero attached hydrogens (tertiary/aromatic N) is 4. The summed E-state index contributed by atoms with van der Waals surface area (Å²) in [5.74, 6) is 0.918. The molecular formula is C23H29N5O2. The fourth-order valence-corrected chi connectivity index (χ4v) is 4.14. The third-order valence-electron chi connectivity index (χ3n) is 5.92. The van der Waals surface area contributed by atoms with E-state index in [4.69, 9.17) is 0 Å². The monoisotopic (exact) mass is 407 g/mol. The van der Waals surface area contributed by atoms with E-state index in [1.165, 1.54) is 0 Å². The number of amides is 2. The van der Waals surface area contributed by atoms with Gasteiger partial charge in [0.25, 0.3) is 5.91 Å². The maximum absolute atomic E-state index is 12.6. The summed E-state index contributed by atoms with van der Waals surface area (Å²) in [6, 6.07) is 9.62. The molecule has 1 N–H and O–H groups in total. The molecule has 0 atom stereocenters. The Hall–Kier alpha value is -2.93. The molecule has 2 aliphatic heterocycles. The molecule has 1 fully saturated rings. The molecule has 7 nitrogen and oxygen atoms in total. The van der Waals surface area contributed by atoms with Gasteiger partial charge in [0.15, 0.2) is 0 Å². The van der Waals surface area contributed by atoms with Gasteiger partial charge in [-0.05, 0) is 61.8 Å². The lowest BCUT2D eigenvalue weighted by atomic mass is 10.1. The Morgan fingerprint density at radius 3 is 2.70 bits per heavy atom. The van der Waals surface area contributed by atoms with Crippen LogP contribution in [0.3, 0.4) is 0 Å². The molecule has 2 amide bonds. The highest BCUT2D eigenvalue weighted by molar-refractivity contribution is 5.97. The van der Waals surface area contributed by atoms with Crippen LogP contribution in [0.5, 0.6) is 0 Å². The zero-order chi connectivity index (χ0) is 21.1. The number of benzene rings is 1. The summed E-state index contributed by atoms with van der Waals surface area (Å²) in [6.07, 6.45) is 3.77. The number of carbonyl (C=O) groups excluding carboxylic acids is 2. The van der Waals surface area contributed by atoms with Gasteiger partial charge in [-0.1, -0.05) is 6.07 Å². The SMILES string of the molecule is CC(=O)N1CCc2cc(C(=O)NCc3ccc(N4CCCN(C)CC4)nc3)ccc21. The summed E-state index contributed by atoms with van der Waals surface area (Å²) in [4.78, 5) is 35.3. The van der Waals surface area contributed by atoms with Gasteiger partial charge in [-0.2, -0.15) is 0 Å². The molecule has 7 heteroatoms. The van der Waals surface area contributed by atoms with Crippen LogP contribution in [0.2, 0.25) is 0 Å². The molecular weight excluding hydrogens is 378 g/mol. The van der Waals surface area contributed by atoms with E-state index in [0.29, 0.717) is 18.7 Å². The third kappa shape index (κ3) is 4.46. The van der Waals surface area contributed by atoms with E-state index >= 15 is 0 Å². The lowest BCUT2D eigenvalue weighted by Crippen LogP contribution is -2.29. The van der Waals surface area contributed by atoms with Gasteiger partial charge in [0.1, 0.15) is 5.82 Å². The number of carbonyl (C=O) groups is 2. The zero-order valence-electron chi connectivity index (χ0n) is 17.7. The molecule has 2 aromatic rings. The van der Waals surface area contributed by atoms with Gasteiger partial charge in [-0.3, -0.25) is 9.59 Å². The van der Waals surface area contributed by atoms with E-state index in [-0.39, 0.29) is 11.8 Å². The highest BCUT2D eigenvalue weighted by Crippen LogP contribution is 2.28. The van der Waals surface area contributed by atoms with Crippen molar-refractivity contribution >= 4 is 23.3 Å². The van der Waals surface area contributed by atoms with Crippen LogP contribution < -0.4 is 15.1 Å². The first-order chi connectivity index (χ1) is 14.5. The van der Waals surface area contributed by atoms with Crippen molar-refractivity contribution in [3.05, 3.63) is 53.2 Å². The summed E-state index contributed by atoms with van der Waals surface area (Å²) >= 11 is 0. The second-order valence-electron chi connectivity index (χ2n) is 8.12. The minimum absolute atomic E-state index is 0.0362. The largest absolute Gasteiger partial charge is 0.355 e. The fraction of sp³-hybridized carbons (Fsp3) is 0.435. The molecule has 30 heavy (non-hydrogen) atoms. The summed E-state index contributed by atoms with van der Waals surface area (Å²) in [7, 11) is 2.16. The van der Waals surface area contributed by atoms with Gasteiger partial charge < -0.3 is 20.0 Å². The molecule has 0 aliphatic carbocycles. The number of likely N-dealkylation sites (N-methyl/N-ethyl adjacent to an activating group) is 1. The Kier molecular flexibility index (Phi) is 5.99. The Bertz CT molecular complexity index is 928. The minimum Gasteiger partial charge on any atom is -0.355 e. The summed E-state index contributed by atoms with van der Waals surface area (Å²) in [6.45, 7) is 6.86. The average Bonchev–Trinajstić information content (AvgIpc) is 3.06. The molecule has 3 heterocycles. The molecule has 0 spiro atoms. The van der Waals surface area contributed by atoms with Gasteiger partial charge in [-0.25, -0.2) is 4.98 Å². The lowest BCUT2D eigenvalue weighted by molar-refractivity contribution is -0.116. The van der Waals surface area contributed by atoms with Crippen LogP contribution >= 0.6 is 0 Å². The number of pyridine rings is 1. The van der Waals surface area contributed by atoms with E-state index in [0.717, 1.165) is 61.7 Å². The van der Waals surface area contributed by atoms with Crippen LogP contribution in [0.25, 0.3) is 0 Å². The van der Waals surface area contributed by atoms with Crippen molar-refractivity contribution in [3.63, 3.8) is 0 Å². The normalized spacial score (nSPS) is 16.9. The first-order valence-electron chi connectivity index (χ1n) is 10.6. The van der Waals surface area contributed by atoms with E-state index in [1.54, 1.807) is 17.9 Å². The molecule has 0 bridgehead atoms. The maximum atomic E-state index is 12.6. The number of hydrogen-bond acceptors (Lipinski definition) is 5. The van der Waals surface area contributed by atoms with E-state index in [9.17, 15) is 9.59 Å². The molecule has 1 saturated heterocycles. The first kappa shape index (κ1) is 20.3. The maximum Gasteiger partial charge on any atom is 0.251 e. The van der Waals surface area contributed by atoms with Gasteiger partial charge in [-0.15, -0.1) is 0 Å². The molecule has 4 rings (SSSR count). The average molecular weight is 408 g/mol. The molecule has 2 aliphatic rings. The number of rotatable bonds is 4. The van der Waals surface area contributed by atoms with Gasteiger partial charge in [0.05, 0.1) is 0 Å². The summed E-state index contributed by atoms with van der Waals surface area (Å²) in [5, 5.41) is 2.98. The number of hydrogen-bond donors (Lipinski definition) is 1. The van der Waals surface area contributed by atoms with E-state index in [2.05, 4.69) is 27.1 Å². The predicted octanol–water partition coefficient (Wildman–Crippen LogP) is 2.06. The van der Waals surface area contributed by atoms with Crippen LogP contribution in [-0.2, 0) is 17.8 Å². The molecule has 0 radical (unpaired) electrons. The van der Waals surface area contributed by atoms with Crippen molar-refractivity contribution in [1.29, 1.82) is 0 Å². The van der Waals surface area contributed by atoms with Gasteiger partial charge in [0.2, 0.25) is 5.91 Å². The van der Waals surface area contributed by atoms with Crippen LogP contribution in [-0.4, -0.2) is 61.5 Å². The molecule has 158 valence electrons. The molecule has 1 aromatic carbocycles. The van der Waals surface area contributed by atoms with Gasteiger partial charge in [0, 0.05) is 57.1 Å². The zero-order valence-corrected chi connectivity index (χ0v) is 17.7. The minimum atomic E-state index is -0.112. The Morgan fingerprint density at radius 2 is 1.93 bits per heavy atom. The number of anilines is 2. The number of fused-ring (bicyclic) bond motifs is 1.